The van der Waals surface area contributed by atoms with Crippen LogP contribution in [-0.2, 0) is 27.2 Å². The molecule has 0 radical (unpaired) electrons. The maximum atomic E-state index is 13.3. The Hall–Kier alpha value is -3.02. The van der Waals surface area contributed by atoms with E-state index in [9.17, 15) is 19.5 Å². The predicted molar refractivity (Wildman–Crippen MR) is 145 cm³/mol. The van der Waals surface area contributed by atoms with E-state index in [-0.39, 0.29) is 28.7 Å². The molecule has 3 aromatic heterocycles. The Morgan fingerprint density at radius 1 is 1.16 bits per heavy atom. The Labute approximate surface area is 233 Å². The second kappa shape index (κ2) is 11.4. The zero-order valence-electron chi connectivity index (χ0n) is 21.8. The summed E-state index contributed by atoms with van der Waals surface area (Å²) in [6.07, 6.45) is -0.199. The van der Waals surface area contributed by atoms with Gasteiger partial charge in [0.2, 0.25) is 0 Å². The molecule has 0 saturated heterocycles. The normalized spacial score (nSPS) is 12.7. The standard InChI is InChI=1S/C25H29Cl2N3O7S/c1-24(2,3)36-22(33)28-14(21(31)32)10-16-18(27)19-20(38-16)15(11-17(26)29-19)30(12-13-8-7-9-35-13)23(34)37-25(4,5)6/h7-9,11,14H,10,12H2,1-6H3,(H,28,33)(H,31,32)/t14-/m1/s1. The number of hydrogen-bond donors (Lipinski definition) is 2. The number of hydrogen-bond acceptors (Lipinski definition) is 8. The van der Waals surface area contributed by atoms with Gasteiger partial charge in [0, 0.05) is 17.4 Å². The fraction of sp³-hybridized carbons (Fsp3) is 0.440. The molecule has 206 valence electrons. The van der Waals surface area contributed by atoms with Crippen molar-refractivity contribution in [2.24, 2.45) is 0 Å². The summed E-state index contributed by atoms with van der Waals surface area (Å²) in [4.78, 5) is 43.5. The molecule has 0 bridgehead atoms. The minimum atomic E-state index is -1.33. The molecule has 0 fully saturated rings. The predicted octanol–water partition coefficient (Wildman–Crippen LogP) is 6.66. The van der Waals surface area contributed by atoms with Crippen molar-refractivity contribution in [2.45, 2.75) is 71.8 Å². The smallest absolute Gasteiger partial charge is 0.415 e. The third kappa shape index (κ3) is 7.75. The third-order valence-electron chi connectivity index (χ3n) is 4.78. The van der Waals surface area contributed by atoms with E-state index >= 15 is 0 Å². The van der Waals surface area contributed by atoms with E-state index in [0.717, 1.165) is 11.3 Å². The molecule has 2 N–H and O–H groups in total. The van der Waals surface area contributed by atoms with Crippen molar-refractivity contribution in [1.82, 2.24) is 10.3 Å². The molecule has 1 atom stereocenters. The van der Waals surface area contributed by atoms with E-state index in [2.05, 4.69) is 10.3 Å². The summed E-state index contributed by atoms with van der Waals surface area (Å²) >= 11 is 14.1. The third-order valence-corrected chi connectivity index (χ3v) is 6.71. The molecule has 0 unspecified atom stereocenters. The number of anilines is 1. The highest BCUT2D eigenvalue weighted by Crippen LogP contribution is 2.42. The number of aliphatic carboxylic acids is 1. The van der Waals surface area contributed by atoms with Gasteiger partial charge in [-0.1, -0.05) is 23.2 Å². The highest BCUT2D eigenvalue weighted by Gasteiger charge is 2.30. The van der Waals surface area contributed by atoms with Crippen LogP contribution in [0.25, 0.3) is 10.2 Å². The van der Waals surface area contributed by atoms with Crippen LogP contribution in [0.2, 0.25) is 10.2 Å². The van der Waals surface area contributed by atoms with Gasteiger partial charge in [-0.3, -0.25) is 4.90 Å². The minimum absolute atomic E-state index is 0.0279. The molecule has 0 saturated carbocycles. The van der Waals surface area contributed by atoms with Gasteiger partial charge in [-0.15, -0.1) is 11.3 Å². The number of pyridine rings is 1. The number of ether oxygens (including phenoxy) is 2. The van der Waals surface area contributed by atoms with Gasteiger partial charge in [0.1, 0.15) is 33.7 Å². The number of fused-ring (bicyclic) bond motifs is 1. The fourth-order valence-electron chi connectivity index (χ4n) is 3.33. The molecule has 0 aliphatic carbocycles. The van der Waals surface area contributed by atoms with Crippen LogP contribution in [0.15, 0.2) is 28.9 Å². The number of carbonyl (C=O) groups excluding carboxylic acids is 2. The summed E-state index contributed by atoms with van der Waals surface area (Å²) in [6.45, 7) is 10.3. The van der Waals surface area contributed by atoms with E-state index in [1.165, 1.54) is 17.2 Å². The van der Waals surface area contributed by atoms with E-state index in [4.69, 9.17) is 37.1 Å². The number of carboxylic acids is 1. The number of thiophene rings is 1. The molecule has 0 spiro atoms. The summed E-state index contributed by atoms with van der Waals surface area (Å²) in [5, 5.41) is 12.3. The largest absolute Gasteiger partial charge is 0.480 e. The lowest BCUT2D eigenvalue weighted by Gasteiger charge is -2.27. The van der Waals surface area contributed by atoms with Gasteiger partial charge in [0.15, 0.2) is 0 Å². The van der Waals surface area contributed by atoms with Crippen LogP contribution in [-0.4, -0.2) is 45.5 Å². The van der Waals surface area contributed by atoms with Crippen molar-refractivity contribution in [1.29, 1.82) is 0 Å². The molecule has 0 aliphatic rings. The van der Waals surface area contributed by atoms with Crippen molar-refractivity contribution >= 4 is 68.6 Å². The van der Waals surface area contributed by atoms with Crippen LogP contribution < -0.4 is 10.2 Å². The number of amides is 2. The first kappa shape index (κ1) is 29.5. The van der Waals surface area contributed by atoms with Gasteiger partial charge in [-0.05, 0) is 53.7 Å². The molecule has 3 rings (SSSR count). The number of aromatic nitrogens is 1. The van der Waals surface area contributed by atoms with Crippen LogP contribution in [0.5, 0.6) is 0 Å². The first-order chi connectivity index (χ1) is 17.5. The summed E-state index contributed by atoms with van der Waals surface area (Å²) in [5.74, 6) is -0.781. The second-order valence-corrected chi connectivity index (χ2v) is 12.2. The minimum Gasteiger partial charge on any atom is -0.480 e. The molecule has 3 heterocycles. The number of furan rings is 1. The summed E-state index contributed by atoms with van der Waals surface area (Å²) in [7, 11) is 0. The Morgan fingerprint density at radius 3 is 2.37 bits per heavy atom. The van der Waals surface area contributed by atoms with Crippen molar-refractivity contribution in [3.63, 3.8) is 0 Å². The molecular weight excluding hydrogens is 557 g/mol. The molecular formula is C25H29Cl2N3O7S. The Balaban J connectivity index is 2.04. The molecule has 0 aliphatic heterocycles. The Kier molecular flexibility index (Phi) is 8.85. The van der Waals surface area contributed by atoms with Crippen LogP contribution in [0.4, 0.5) is 15.3 Å². The van der Waals surface area contributed by atoms with E-state index in [1.807, 2.05) is 0 Å². The van der Waals surface area contributed by atoms with E-state index < -0.39 is 35.4 Å². The van der Waals surface area contributed by atoms with E-state index in [1.54, 1.807) is 53.7 Å². The SMILES string of the molecule is CC(C)(C)OC(=O)N[C@H](Cc1sc2c(N(Cc3ccco3)C(=O)OC(C)(C)C)cc(Cl)nc2c1Cl)C(=O)O. The average Bonchev–Trinajstić information content (AvgIpc) is 3.37. The van der Waals surface area contributed by atoms with Crippen LogP contribution in [0.3, 0.4) is 0 Å². The molecule has 10 nitrogen and oxygen atoms in total. The lowest BCUT2D eigenvalue weighted by atomic mass is 10.1. The maximum Gasteiger partial charge on any atom is 0.415 e. The lowest BCUT2D eigenvalue weighted by Crippen LogP contribution is -2.44. The van der Waals surface area contributed by atoms with Gasteiger partial charge in [-0.25, -0.2) is 19.4 Å². The highest BCUT2D eigenvalue weighted by molar-refractivity contribution is 7.20. The second-order valence-electron chi connectivity index (χ2n) is 10.4. The van der Waals surface area contributed by atoms with Gasteiger partial charge < -0.3 is 24.3 Å². The number of nitrogens with zero attached hydrogens (tertiary/aromatic N) is 2. The quantitative estimate of drug-likeness (QED) is 0.294. The van der Waals surface area contributed by atoms with Crippen LogP contribution in [0.1, 0.15) is 52.2 Å². The summed E-state index contributed by atoms with van der Waals surface area (Å²) < 4.78 is 16.7. The fourth-order valence-corrected chi connectivity index (χ4v) is 5.10. The van der Waals surface area contributed by atoms with Crippen molar-refractivity contribution in [3.8, 4) is 0 Å². The molecule has 0 aromatic carbocycles. The first-order valence-corrected chi connectivity index (χ1v) is 13.1. The number of carboxylic acid groups (broad SMARTS) is 1. The number of rotatable bonds is 7. The van der Waals surface area contributed by atoms with Crippen molar-refractivity contribution in [2.75, 3.05) is 4.90 Å². The van der Waals surface area contributed by atoms with Gasteiger partial charge in [0.05, 0.1) is 28.2 Å². The highest BCUT2D eigenvalue weighted by atomic mass is 35.5. The number of nitrogens with one attached hydrogen (secondary N) is 1. The molecule has 38 heavy (non-hydrogen) atoms. The Bertz CT molecular complexity index is 1330. The van der Waals surface area contributed by atoms with Gasteiger partial charge in [0.25, 0.3) is 0 Å². The monoisotopic (exact) mass is 585 g/mol. The van der Waals surface area contributed by atoms with Gasteiger partial charge >= 0.3 is 18.2 Å². The van der Waals surface area contributed by atoms with Gasteiger partial charge in [-0.2, -0.15) is 0 Å². The summed E-state index contributed by atoms with van der Waals surface area (Å²) in [5.41, 5.74) is -0.953. The topological polar surface area (TPSA) is 131 Å². The van der Waals surface area contributed by atoms with E-state index in [0.29, 0.717) is 21.0 Å². The number of halogens is 2. The zero-order valence-corrected chi connectivity index (χ0v) is 24.1. The molecule has 3 aromatic rings. The van der Waals surface area contributed by atoms with Crippen LogP contribution in [0, 0.1) is 0 Å². The summed E-state index contributed by atoms with van der Waals surface area (Å²) in [6, 6.07) is 3.58. The zero-order chi connectivity index (χ0) is 28.4. The number of carbonyl (C=O) groups is 3. The van der Waals surface area contributed by atoms with Crippen molar-refractivity contribution in [3.05, 3.63) is 45.3 Å². The van der Waals surface area contributed by atoms with Crippen LogP contribution >= 0.6 is 34.5 Å². The van der Waals surface area contributed by atoms with Crippen molar-refractivity contribution < 1.29 is 33.4 Å². The molecule has 2 amide bonds. The average molecular weight is 586 g/mol. The first-order valence-electron chi connectivity index (χ1n) is 11.6. The number of alkyl carbamates (subject to hydrolysis) is 1. The maximum absolute atomic E-state index is 13.3. The Morgan fingerprint density at radius 2 is 1.82 bits per heavy atom. The molecule has 13 heteroatoms. The lowest BCUT2D eigenvalue weighted by molar-refractivity contribution is -0.139.